The Bertz CT molecular complexity index is 944. The predicted molar refractivity (Wildman–Crippen MR) is 86.1 cm³/mol. The molecule has 0 aliphatic rings. The fraction of sp³-hybridized carbons (Fsp3) is 0.0625. The van der Waals surface area contributed by atoms with Gasteiger partial charge >= 0.3 is 0 Å². The van der Waals surface area contributed by atoms with Gasteiger partial charge in [-0.1, -0.05) is 18.2 Å². The Balaban J connectivity index is 1.82. The lowest BCUT2D eigenvalue weighted by Gasteiger charge is -2.04. The molecule has 0 atom stereocenters. The Morgan fingerprint density at radius 2 is 1.91 bits per heavy atom. The van der Waals surface area contributed by atoms with Crippen molar-refractivity contribution in [3.63, 3.8) is 0 Å². The van der Waals surface area contributed by atoms with Crippen LogP contribution in [0.4, 0.5) is 0 Å². The lowest BCUT2D eigenvalue weighted by molar-refractivity contribution is 0.416. The van der Waals surface area contributed by atoms with Crippen LogP contribution in [-0.2, 0) is 0 Å². The summed E-state index contributed by atoms with van der Waals surface area (Å²) in [4.78, 5) is 5.49. The number of methoxy groups -OCH3 is 1. The molecule has 0 saturated carbocycles. The van der Waals surface area contributed by atoms with Crippen molar-refractivity contribution in [1.29, 1.82) is 0 Å². The molecule has 6 heteroatoms. The van der Waals surface area contributed by atoms with Crippen LogP contribution < -0.4 is 4.74 Å². The Hall–Kier alpha value is -2.73. The molecule has 0 amide bonds. The molecule has 0 saturated heterocycles. The van der Waals surface area contributed by atoms with Gasteiger partial charge in [0.1, 0.15) is 10.8 Å². The zero-order valence-corrected chi connectivity index (χ0v) is 12.6. The second-order valence-corrected chi connectivity index (χ2v) is 5.71. The first kappa shape index (κ1) is 13.0. The van der Waals surface area contributed by atoms with Gasteiger partial charge in [-0.05, 0) is 24.3 Å². The molecule has 0 unspecified atom stereocenters. The average Bonchev–Trinajstić information content (AvgIpc) is 3.21. The number of hydrogen-bond donors (Lipinski definition) is 0. The van der Waals surface area contributed by atoms with E-state index < -0.39 is 0 Å². The Morgan fingerprint density at radius 3 is 2.82 bits per heavy atom. The first-order valence-electron chi connectivity index (χ1n) is 6.76. The summed E-state index contributed by atoms with van der Waals surface area (Å²) in [5.41, 5.74) is 1.81. The minimum absolute atomic E-state index is 0.800. The van der Waals surface area contributed by atoms with E-state index in [1.807, 2.05) is 59.3 Å². The van der Waals surface area contributed by atoms with E-state index in [9.17, 15) is 0 Å². The Kier molecular flexibility index (Phi) is 3.08. The molecule has 4 rings (SSSR count). The van der Waals surface area contributed by atoms with E-state index in [0.717, 1.165) is 32.7 Å². The fourth-order valence-electron chi connectivity index (χ4n) is 2.33. The third-order valence-corrected chi connectivity index (χ3v) is 4.40. The summed E-state index contributed by atoms with van der Waals surface area (Å²) in [5.74, 6) is 1.61. The maximum absolute atomic E-state index is 5.40. The molecule has 108 valence electrons. The summed E-state index contributed by atoms with van der Waals surface area (Å²) >= 11 is 1.57. The van der Waals surface area contributed by atoms with Crippen LogP contribution in [0.3, 0.4) is 0 Å². The summed E-state index contributed by atoms with van der Waals surface area (Å²) in [7, 11) is 1.67. The number of aromatic nitrogens is 4. The number of rotatable bonds is 3. The van der Waals surface area contributed by atoms with Crippen molar-refractivity contribution in [1.82, 2.24) is 19.6 Å². The zero-order chi connectivity index (χ0) is 14.9. The average molecular weight is 308 g/mol. The lowest BCUT2D eigenvalue weighted by atomic mass is 10.2. The Labute approximate surface area is 130 Å². The minimum atomic E-state index is 0.800. The molecule has 0 spiro atoms. The van der Waals surface area contributed by atoms with Gasteiger partial charge in [0.2, 0.25) is 0 Å². The zero-order valence-electron chi connectivity index (χ0n) is 11.8. The molecular formula is C16H12N4OS. The van der Waals surface area contributed by atoms with Crippen LogP contribution in [0.2, 0.25) is 0 Å². The van der Waals surface area contributed by atoms with E-state index in [-0.39, 0.29) is 0 Å². The van der Waals surface area contributed by atoms with Crippen LogP contribution in [0, 0.1) is 0 Å². The van der Waals surface area contributed by atoms with Crippen molar-refractivity contribution >= 4 is 17.0 Å². The number of thiazole rings is 1. The molecule has 5 nitrogen and oxygen atoms in total. The van der Waals surface area contributed by atoms with E-state index in [2.05, 4.69) is 15.2 Å². The summed E-state index contributed by atoms with van der Waals surface area (Å²) in [6.07, 6.45) is 3.78. The van der Waals surface area contributed by atoms with Crippen LogP contribution in [0.5, 0.6) is 5.75 Å². The fourth-order valence-corrected chi connectivity index (χ4v) is 3.26. The van der Waals surface area contributed by atoms with Crippen LogP contribution in [0.25, 0.3) is 26.9 Å². The third-order valence-electron chi connectivity index (χ3n) is 3.38. The first-order chi connectivity index (χ1) is 10.9. The number of hydrogen-bond acceptors (Lipinski definition) is 5. The van der Waals surface area contributed by atoms with Gasteiger partial charge in [-0.25, -0.2) is 4.98 Å². The molecule has 0 radical (unpaired) electrons. The normalized spacial score (nSPS) is 11.0. The van der Waals surface area contributed by atoms with Crippen LogP contribution in [0.15, 0.2) is 54.9 Å². The lowest BCUT2D eigenvalue weighted by Crippen LogP contribution is -1.86. The van der Waals surface area contributed by atoms with Crippen molar-refractivity contribution in [2.45, 2.75) is 0 Å². The van der Waals surface area contributed by atoms with Gasteiger partial charge < -0.3 is 4.74 Å². The second-order valence-electron chi connectivity index (χ2n) is 4.68. The molecule has 1 aromatic carbocycles. The number of nitrogens with zero attached hydrogens (tertiary/aromatic N) is 4. The molecule has 0 aliphatic heterocycles. The van der Waals surface area contributed by atoms with Gasteiger partial charge in [-0.2, -0.15) is 0 Å². The van der Waals surface area contributed by atoms with E-state index >= 15 is 0 Å². The maximum Gasteiger partial charge on any atom is 0.180 e. The molecule has 0 fully saturated rings. The SMILES string of the molecule is COc1ccccc1-c1ncc(-c2nnc3ccccn23)s1. The summed E-state index contributed by atoms with van der Waals surface area (Å²) < 4.78 is 7.36. The highest BCUT2D eigenvalue weighted by Gasteiger charge is 2.14. The standard InChI is InChI=1S/C16H12N4OS/c1-21-12-7-3-2-6-11(12)16-17-10-13(22-16)15-19-18-14-8-4-5-9-20(14)15/h2-10H,1H3. The smallest absolute Gasteiger partial charge is 0.180 e. The number of benzene rings is 1. The number of para-hydroxylation sites is 1. The van der Waals surface area contributed by atoms with Gasteiger partial charge in [-0.3, -0.25) is 4.40 Å². The monoisotopic (exact) mass is 308 g/mol. The van der Waals surface area contributed by atoms with E-state index in [4.69, 9.17) is 4.74 Å². The highest BCUT2D eigenvalue weighted by atomic mass is 32.1. The van der Waals surface area contributed by atoms with E-state index in [1.54, 1.807) is 18.4 Å². The van der Waals surface area contributed by atoms with Crippen LogP contribution in [0.1, 0.15) is 0 Å². The third kappa shape index (κ3) is 2.05. The summed E-state index contributed by atoms with van der Waals surface area (Å²) in [6.45, 7) is 0. The summed E-state index contributed by atoms with van der Waals surface area (Å²) in [6, 6.07) is 13.7. The summed E-state index contributed by atoms with van der Waals surface area (Å²) in [5, 5.41) is 9.35. The molecule has 0 N–H and O–H groups in total. The van der Waals surface area contributed by atoms with Crippen molar-refractivity contribution < 1.29 is 4.74 Å². The largest absolute Gasteiger partial charge is 0.496 e. The van der Waals surface area contributed by atoms with Gasteiger partial charge in [0, 0.05) is 12.4 Å². The maximum atomic E-state index is 5.40. The number of ether oxygens (including phenoxy) is 1. The van der Waals surface area contributed by atoms with Crippen LogP contribution >= 0.6 is 11.3 Å². The predicted octanol–water partition coefficient (Wildman–Crippen LogP) is 3.53. The molecule has 0 bridgehead atoms. The van der Waals surface area contributed by atoms with Crippen molar-refractivity contribution in [3.8, 4) is 27.0 Å². The second kappa shape index (κ2) is 5.23. The van der Waals surface area contributed by atoms with Crippen molar-refractivity contribution in [3.05, 3.63) is 54.9 Å². The van der Waals surface area contributed by atoms with Crippen LogP contribution in [-0.4, -0.2) is 26.7 Å². The van der Waals surface area contributed by atoms with Gasteiger partial charge in [0.15, 0.2) is 11.5 Å². The molecular weight excluding hydrogens is 296 g/mol. The molecule has 0 aliphatic carbocycles. The molecule has 3 aromatic heterocycles. The Morgan fingerprint density at radius 1 is 1.05 bits per heavy atom. The van der Waals surface area contributed by atoms with Crippen molar-refractivity contribution in [2.75, 3.05) is 7.11 Å². The van der Waals surface area contributed by atoms with Gasteiger partial charge in [0.25, 0.3) is 0 Å². The molecule has 22 heavy (non-hydrogen) atoms. The topological polar surface area (TPSA) is 52.3 Å². The quantitative estimate of drug-likeness (QED) is 0.581. The molecule has 4 aromatic rings. The highest BCUT2D eigenvalue weighted by Crippen LogP contribution is 2.35. The minimum Gasteiger partial charge on any atom is -0.496 e. The first-order valence-corrected chi connectivity index (χ1v) is 7.58. The number of pyridine rings is 1. The number of fused-ring (bicyclic) bond motifs is 1. The van der Waals surface area contributed by atoms with E-state index in [0.29, 0.717) is 0 Å². The highest BCUT2D eigenvalue weighted by molar-refractivity contribution is 7.18. The van der Waals surface area contributed by atoms with E-state index in [1.165, 1.54) is 0 Å². The molecule has 3 heterocycles. The van der Waals surface area contributed by atoms with Gasteiger partial charge in [0.05, 0.1) is 17.6 Å². The van der Waals surface area contributed by atoms with Gasteiger partial charge in [-0.15, -0.1) is 21.5 Å². The van der Waals surface area contributed by atoms with Crippen molar-refractivity contribution in [2.24, 2.45) is 0 Å².